The molecule has 0 radical (unpaired) electrons. The molecule has 0 heterocycles. The summed E-state index contributed by atoms with van der Waals surface area (Å²) in [7, 11) is 3.13. The Morgan fingerprint density at radius 2 is 1.94 bits per heavy atom. The number of carbonyl (C=O) groups excluding carboxylic acids is 1. The van der Waals surface area contributed by atoms with E-state index in [1.54, 1.807) is 19.1 Å². The number of unbranched alkanes of at least 4 members (excludes halogenated alkanes) is 1. The van der Waals surface area contributed by atoms with Crippen LogP contribution in [0.15, 0.2) is 0 Å². The number of ether oxygens (including phenoxy) is 2. The number of hydrogen-bond acceptors (Lipinski definition) is 4. The molecule has 1 amide bonds. The Hall–Kier alpha value is -0.650. The third-order valence-electron chi connectivity index (χ3n) is 2.87. The van der Waals surface area contributed by atoms with E-state index < -0.39 is 6.29 Å². The van der Waals surface area contributed by atoms with Gasteiger partial charge in [-0.25, -0.2) is 0 Å². The maximum absolute atomic E-state index is 11.8. The maximum atomic E-state index is 11.8. The van der Waals surface area contributed by atoms with E-state index in [9.17, 15) is 4.79 Å². The fourth-order valence-electron chi connectivity index (χ4n) is 1.71. The minimum Gasteiger partial charge on any atom is -0.354 e. The highest BCUT2D eigenvalue weighted by Crippen LogP contribution is 2.10. The van der Waals surface area contributed by atoms with Crippen LogP contribution in [0.1, 0.15) is 33.1 Å². The first-order chi connectivity index (χ1) is 8.10. The number of rotatable bonds is 9. The second kappa shape index (κ2) is 9.39. The monoisotopic (exact) mass is 246 g/mol. The van der Waals surface area contributed by atoms with E-state index in [-0.39, 0.29) is 18.5 Å². The molecule has 0 fully saturated rings. The third kappa shape index (κ3) is 6.00. The standard InChI is InChI=1S/C12H26N2O3/c1-5-6-7-10(2)14(11(15)8-13)9-12(16-3)17-4/h10,12H,5-9,13H2,1-4H3. The highest BCUT2D eigenvalue weighted by Gasteiger charge is 2.22. The zero-order chi connectivity index (χ0) is 13.3. The maximum Gasteiger partial charge on any atom is 0.236 e. The highest BCUT2D eigenvalue weighted by atomic mass is 16.7. The van der Waals surface area contributed by atoms with Gasteiger partial charge in [0, 0.05) is 20.3 Å². The van der Waals surface area contributed by atoms with E-state index in [0.717, 1.165) is 19.3 Å². The molecule has 1 unspecified atom stereocenters. The van der Waals surface area contributed by atoms with Crippen molar-refractivity contribution in [2.24, 2.45) is 5.73 Å². The molecule has 1 atom stereocenters. The molecular formula is C12H26N2O3. The van der Waals surface area contributed by atoms with E-state index >= 15 is 0 Å². The SMILES string of the molecule is CCCCC(C)N(CC(OC)OC)C(=O)CN. The van der Waals surface area contributed by atoms with Crippen molar-refractivity contribution in [2.75, 3.05) is 27.3 Å². The van der Waals surface area contributed by atoms with Gasteiger partial charge in [-0.2, -0.15) is 0 Å². The van der Waals surface area contributed by atoms with Crippen molar-refractivity contribution in [3.63, 3.8) is 0 Å². The number of hydrogen-bond donors (Lipinski definition) is 1. The van der Waals surface area contributed by atoms with Crippen molar-refractivity contribution >= 4 is 5.91 Å². The zero-order valence-corrected chi connectivity index (χ0v) is 11.4. The van der Waals surface area contributed by atoms with Crippen LogP contribution in [0.25, 0.3) is 0 Å². The molecule has 102 valence electrons. The van der Waals surface area contributed by atoms with Gasteiger partial charge in [-0.1, -0.05) is 19.8 Å². The van der Waals surface area contributed by atoms with Crippen LogP contribution < -0.4 is 5.73 Å². The second-order valence-electron chi connectivity index (χ2n) is 4.14. The van der Waals surface area contributed by atoms with Crippen molar-refractivity contribution in [2.45, 2.75) is 45.4 Å². The Labute approximate surface area is 104 Å². The van der Waals surface area contributed by atoms with E-state index in [0.29, 0.717) is 6.54 Å². The van der Waals surface area contributed by atoms with E-state index in [1.165, 1.54) is 0 Å². The zero-order valence-electron chi connectivity index (χ0n) is 11.4. The quantitative estimate of drug-likeness (QED) is 0.616. The third-order valence-corrected chi connectivity index (χ3v) is 2.87. The largest absolute Gasteiger partial charge is 0.354 e. The summed E-state index contributed by atoms with van der Waals surface area (Å²) in [5, 5.41) is 0. The van der Waals surface area contributed by atoms with Crippen LogP contribution in [-0.4, -0.2) is 50.4 Å². The minimum atomic E-state index is -0.394. The summed E-state index contributed by atoms with van der Waals surface area (Å²) in [6.07, 6.45) is 2.80. The number of nitrogens with zero attached hydrogens (tertiary/aromatic N) is 1. The Balaban J connectivity index is 4.46. The lowest BCUT2D eigenvalue weighted by Crippen LogP contribution is -2.46. The van der Waals surface area contributed by atoms with Gasteiger partial charge in [0.25, 0.3) is 0 Å². The van der Waals surface area contributed by atoms with E-state index in [2.05, 4.69) is 6.92 Å². The smallest absolute Gasteiger partial charge is 0.236 e. The van der Waals surface area contributed by atoms with Crippen LogP contribution in [-0.2, 0) is 14.3 Å². The van der Waals surface area contributed by atoms with Gasteiger partial charge in [0.15, 0.2) is 6.29 Å². The number of methoxy groups -OCH3 is 2. The van der Waals surface area contributed by atoms with E-state index in [1.807, 2.05) is 6.92 Å². The molecule has 0 saturated carbocycles. The summed E-state index contributed by atoms with van der Waals surface area (Å²) >= 11 is 0. The Kier molecular flexibility index (Phi) is 9.03. The minimum absolute atomic E-state index is 0.0244. The van der Waals surface area contributed by atoms with Crippen molar-refractivity contribution in [1.82, 2.24) is 4.90 Å². The molecule has 0 aromatic carbocycles. The summed E-state index contributed by atoms with van der Waals surface area (Å²) in [6.45, 7) is 4.62. The van der Waals surface area contributed by atoms with Crippen LogP contribution in [0.4, 0.5) is 0 Å². The average molecular weight is 246 g/mol. The highest BCUT2D eigenvalue weighted by molar-refractivity contribution is 5.78. The van der Waals surface area contributed by atoms with Crippen molar-refractivity contribution in [3.05, 3.63) is 0 Å². The van der Waals surface area contributed by atoms with Crippen LogP contribution in [0.3, 0.4) is 0 Å². The summed E-state index contributed by atoms with van der Waals surface area (Å²) in [5.74, 6) is -0.0623. The predicted molar refractivity (Wildman–Crippen MR) is 67.6 cm³/mol. The summed E-state index contributed by atoms with van der Waals surface area (Å²) in [4.78, 5) is 13.5. The second-order valence-corrected chi connectivity index (χ2v) is 4.14. The van der Waals surface area contributed by atoms with Crippen LogP contribution in [0, 0.1) is 0 Å². The lowest BCUT2D eigenvalue weighted by Gasteiger charge is -2.31. The molecular weight excluding hydrogens is 220 g/mol. The predicted octanol–water partition coefficient (Wildman–Crippen LogP) is 0.971. The molecule has 17 heavy (non-hydrogen) atoms. The van der Waals surface area contributed by atoms with Gasteiger partial charge in [0.2, 0.25) is 5.91 Å². The molecule has 0 aliphatic heterocycles. The van der Waals surface area contributed by atoms with Crippen molar-refractivity contribution < 1.29 is 14.3 Å². The van der Waals surface area contributed by atoms with Gasteiger partial charge in [-0.05, 0) is 13.3 Å². The average Bonchev–Trinajstić information content (AvgIpc) is 2.36. The van der Waals surface area contributed by atoms with Gasteiger partial charge in [-0.15, -0.1) is 0 Å². The molecule has 0 rings (SSSR count). The molecule has 0 bridgehead atoms. The number of nitrogens with two attached hydrogens (primary N) is 1. The molecule has 5 heteroatoms. The molecule has 0 aromatic rings. The van der Waals surface area contributed by atoms with Gasteiger partial charge in [0.1, 0.15) is 0 Å². The molecule has 0 aromatic heterocycles. The Morgan fingerprint density at radius 1 is 1.35 bits per heavy atom. The van der Waals surface area contributed by atoms with Gasteiger partial charge < -0.3 is 20.1 Å². The van der Waals surface area contributed by atoms with E-state index in [4.69, 9.17) is 15.2 Å². The molecule has 0 aliphatic rings. The first kappa shape index (κ1) is 16.4. The number of amides is 1. The topological polar surface area (TPSA) is 64.8 Å². The normalized spacial score (nSPS) is 12.8. The van der Waals surface area contributed by atoms with Crippen molar-refractivity contribution in [1.29, 1.82) is 0 Å². The Morgan fingerprint density at radius 3 is 2.35 bits per heavy atom. The van der Waals surface area contributed by atoms with Gasteiger partial charge >= 0.3 is 0 Å². The Bertz CT molecular complexity index is 208. The first-order valence-electron chi connectivity index (χ1n) is 6.15. The van der Waals surface area contributed by atoms with Gasteiger partial charge in [-0.3, -0.25) is 4.79 Å². The summed E-state index contributed by atoms with van der Waals surface area (Å²) in [5.41, 5.74) is 5.43. The number of carbonyl (C=O) groups is 1. The fourth-order valence-corrected chi connectivity index (χ4v) is 1.71. The van der Waals surface area contributed by atoms with Crippen LogP contribution in [0.5, 0.6) is 0 Å². The van der Waals surface area contributed by atoms with Crippen LogP contribution in [0.2, 0.25) is 0 Å². The summed E-state index contributed by atoms with van der Waals surface area (Å²) in [6, 6.07) is 0.166. The molecule has 5 nitrogen and oxygen atoms in total. The first-order valence-corrected chi connectivity index (χ1v) is 6.15. The fraction of sp³-hybridized carbons (Fsp3) is 0.917. The van der Waals surface area contributed by atoms with Gasteiger partial charge in [0.05, 0.1) is 13.1 Å². The van der Waals surface area contributed by atoms with Crippen LogP contribution >= 0.6 is 0 Å². The molecule has 2 N–H and O–H groups in total. The lowest BCUT2D eigenvalue weighted by atomic mass is 10.1. The molecule has 0 saturated heterocycles. The molecule has 0 spiro atoms. The van der Waals surface area contributed by atoms with Crippen molar-refractivity contribution in [3.8, 4) is 0 Å². The lowest BCUT2D eigenvalue weighted by molar-refractivity contribution is -0.147. The summed E-state index contributed by atoms with van der Waals surface area (Å²) < 4.78 is 10.2. The molecule has 0 aliphatic carbocycles.